The first-order valence-electron chi connectivity index (χ1n) is 10.4. The van der Waals surface area contributed by atoms with Crippen LogP contribution in [0, 0.1) is 0 Å². The van der Waals surface area contributed by atoms with E-state index in [0.717, 1.165) is 17.0 Å². The van der Waals surface area contributed by atoms with Gasteiger partial charge in [0.2, 0.25) is 5.92 Å². The van der Waals surface area contributed by atoms with E-state index in [0.29, 0.717) is 62.5 Å². The number of rotatable bonds is 7. The first kappa shape index (κ1) is 21.9. The Labute approximate surface area is 182 Å². The zero-order valence-corrected chi connectivity index (χ0v) is 18.1. The number of thiazole rings is 1. The van der Waals surface area contributed by atoms with Gasteiger partial charge in [-0.1, -0.05) is 16.5 Å². The number of alkyl halides is 2. The Morgan fingerprint density at radius 1 is 1.35 bits per heavy atom. The van der Waals surface area contributed by atoms with Gasteiger partial charge in [-0.15, -0.1) is 0 Å². The summed E-state index contributed by atoms with van der Waals surface area (Å²) in [5.74, 6) is -2.15. The maximum Gasteiger partial charge on any atom is 0.324 e. The summed E-state index contributed by atoms with van der Waals surface area (Å²) in [7, 11) is 1.62. The van der Waals surface area contributed by atoms with E-state index in [1.54, 1.807) is 7.11 Å². The molecule has 9 nitrogen and oxygen atoms in total. The fraction of sp³-hybridized carbons (Fsp3) is 0.684. The van der Waals surface area contributed by atoms with Gasteiger partial charge in [0.25, 0.3) is 0 Å². The van der Waals surface area contributed by atoms with Crippen molar-refractivity contribution in [3.63, 3.8) is 0 Å². The average Bonchev–Trinajstić information content (AvgIpc) is 3.37. The van der Waals surface area contributed by atoms with Gasteiger partial charge in [-0.3, -0.25) is 5.32 Å². The molecular formula is C19H26F2N6O3S. The molecule has 1 fully saturated rings. The van der Waals surface area contributed by atoms with E-state index in [9.17, 15) is 13.6 Å². The van der Waals surface area contributed by atoms with Crippen molar-refractivity contribution in [2.45, 2.75) is 56.9 Å². The number of hydrogen-bond acceptors (Lipinski definition) is 8. The second-order valence-electron chi connectivity index (χ2n) is 7.85. The molecule has 0 atom stereocenters. The molecule has 0 radical (unpaired) electrons. The van der Waals surface area contributed by atoms with Gasteiger partial charge in [0, 0.05) is 56.9 Å². The van der Waals surface area contributed by atoms with E-state index in [4.69, 9.17) is 9.26 Å². The van der Waals surface area contributed by atoms with Crippen molar-refractivity contribution in [1.29, 1.82) is 0 Å². The Kier molecular flexibility index (Phi) is 6.65. The van der Waals surface area contributed by atoms with Crippen molar-refractivity contribution in [2.75, 3.05) is 37.0 Å². The van der Waals surface area contributed by atoms with Crippen LogP contribution >= 0.6 is 11.3 Å². The number of anilines is 2. The van der Waals surface area contributed by atoms with Crippen LogP contribution in [0.25, 0.3) is 0 Å². The highest BCUT2D eigenvalue weighted by Crippen LogP contribution is 2.40. The Morgan fingerprint density at radius 2 is 2.16 bits per heavy atom. The van der Waals surface area contributed by atoms with Crippen molar-refractivity contribution in [2.24, 2.45) is 0 Å². The van der Waals surface area contributed by atoms with E-state index >= 15 is 0 Å². The van der Waals surface area contributed by atoms with E-state index in [2.05, 4.69) is 25.8 Å². The summed E-state index contributed by atoms with van der Waals surface area (Å²) in [4.78, 5) is 24.0. The number of nitrogens with one attached hydrogen (secondary N) is 2. The number of ether oxygens (including phenoxy) is 1. The summed E-state index contributed by atoms with van der Waals surface area (Å²) < 4.78 is 37.2. The maximum atomic E-state index is 13.4. The average molecular weight is 457 g/mol. The van der Waals surface area contributed by atoms with Crippen molar-refractivity contribution in [1.82, 2.24) is 20.4 Å². The number of nitrogens with zero attached hydrogens (tertiary/aromatic N) is 4. The minimum atomic E-state index is -2.58. The molecule has 4 rings (SSSR count). The molecule has 2 aliphatic rings. The fourth-order valence-corrected chi connectivity index (χ4v) is 4.81. The number of hydrogen-bond donors (Lipinski definition) is 2. The van der Waals surface area contributed by atoms with Gasteiger partial charge in [0.05, 0.1) is 12.2 Å². The molecular weight excluding hydrogens is 430 g/mol. The molecule has 0 saturated heterocycles. The second kappa shape index (κ2) is 9.43. The van der Waals surface area contributed by atoms with Crippen molar-refractivity contribution in [3.8, 4) is 0 Å². The summed E-state index contributed by atoms with van der Waals surface area (Å²) in [5.41, 5.74) is 0.949. The van der Waals surface area contributed by atoms with Crippen molar-refractivity contribution >= 4 is 28.5 Å². The largest absolute Gasteiger partial charge is 0.385 e. The molecule has 0 unspecified atom stereocenters. The van der Waals surface area contributed by atoms with Crippen LogP contribution in [0.5, 0.6) is 0 Å². The molecule has 0 aromatic carbocycles. The Balaban J connectivity index is 1.32. The van der Waals surface area contributed by atoms with Crippen LogP contribution in [0.2, 0.25) is 0 Å². The molecule has 2 N–H and O–H groups in total. The van der Waals surface area contributed by atoms with Crippen LogP contribution in [-0.2, 0) is 17.7 Å². The third-order valence-corrected chi connectivity index (χ3v) is 6.54. The summed E-state index contributed by atoms with van der Waals surface area (Å²) >= 11 is 1.42. The minimum Gasteiger partial charge on any atom is -0.385 e. The van der Waals surface area contributed by atoms with Gasteiger partial charge >= 0.3 is 12.0 Å². The Morgan fingerprint density at radius 3 is 2.94 bits per heavy atom. The van der Waals surface area contributed by atoms with Gasteiger partial charge < -0.3 is 19.5 Å². The lowest BCUT2D eigenvalue weighted by Crippen LogP contribution is -2.30. The number of halogens is 2. The third-order valence-electron chi connectivity index (χ3n) is 5.55. The van der Waals surface area contributed by atoms with Crippen LogP contribution < -0.4 is 15.5 Å². The minimum absolute atomic E-state index is 0.0842. The normalized spacial score (nSPS) is 18.6. The predicted octanol–water partition coefficient (Wildman–Crippen LogP) is 3.54. The summed E-state index contributed by atoms with van der Waals surface area (Å²) in [6.07, 6.45) is 1.90. The van der Waals surface area contributed by atoms with Gasteiger partial charge in [-0.25, -0.2) is 18.6 Å². The molecule has 31 heavy (non-hydrogen) atoms. The molecule has 0 spiro atoms. The topological polar surface area (TPSA) is 105 Å². The summed E-state index contributed by atoms with van der Waals surface area (Å²) in [5, 5.41) is 10.1. The first-order valence-corrected chi connectivity index (χ1v) is 11.2. The van der Waals surface area contributed by atoms with Crippen molar-refractivity contribution < 1.29 is 22.8 Å². The fourth-order valence-electron chi connectivity index (χ4n) is 3.79. The number of carbonyl (C=O) groups excluding carboxylic acids is 1. The van der Waals surface area contributed by atoms with Crippen LogP contribution in [0.1, 0.15) is 54.4 Å². The monoisotopic (exact) mass is 456 g/mol. The molecule has 3 heterocycles. The molecule has 0 bridgehead atoms. The highest BCUT2D eigenvalue weighted by molar-refractivity contribution is 7.15. The zero-order valence-electron chi connectivity index (χ0n) is 17.3. The van der Waals surface area contributed by atoms with E-state index in [1.165, 1.54) is 11.3 Å². The predicted molar refractivity (Wildman–Crippen MR) is 111 cm³/mol. The number of fused-ring (bicyclic) bond motifs is 1. The van der Waals surface area contributed by atoms with Crippen molar-refractivity contribution in [3.05, 3.63) is 16.4 Å². The quantitative estimate of drug-likeness (QED) is 0.614. The lowest BCUT2D eigenvalue weighted by Gasteiger charge is -2.26. The molecule has 1 aliphatic carbocycles. The molecule has 12 heteroatoms. The number of carbonyl (C=O) groups is 1. The van der Waals surface area contributed by atoms with Gasteiger partial charge in [-0.2, -0.15) is 4.98 Å². The number of aromatic nitrogens is 3. The standard InChI is InChI=1S/C19H26F2N6O3S/c1-29-10-2-8-22-16(28)25-17-23-13-5-9-27(11-14(13)31-17)18-24-15(26-30-18)12-3-6-19(20,21)7-4-12/h12H,2-11H2,1H3,(H2,22,23,25,28). The van der Waals surface area contributed by atoms with Crippen LogP contribution in [0.15, 0.2) is 4.52 Å². The lowest BCUT2D eigenvalue weighted by molar-refractivity contribution is -0.0389. The third kappa shape index (κ3) is 5.48. The number of methoxy groups -OCH3 is 1. The molecule has 1 aliphatic heterocycles. The molecule has 170 valence electrons. The van der Waals surface area contributed by atoms with Gasteiger partial charge in [0.1, 0.15) is 0 Å². The van der Waals surface area contributed by atoms with Gasteiger partial charge in [0.15, 0.2) is 11.0 Å². The Hall–Kier alpha value is -2.34. The summed E-state index contributed by atoms with van der Waals surface area (Å²) in [6, 6.07) is 0.107. The zero-order chi connectivity index (χ0) is 21.8. The molecule has 1 saturated carbocycles. The van der Waals surface area contributed by atoms with E-state index in [1.807, 2.05) is 4.90 Å². The lowest BCUT2D eigenvalue weighted by atomic mass is 9.86. The molecule has 2 aromatic rings. The van der Waals surface area contributed by atoms with Crippen LogP contribution in [0.3, 0.4) is 0 Å². The highest BCUT2D eigenvalue weighted by atomic mass is 32.1. The first-order chi connectivity index (χ1) is 14.9. The van der Waals surface area contributed by atoms with E-state index < -0.39 is 5.92 Å². The summed E-state index contributed by atoms with van der Waals surface area (Å²) in [6.45, 7) is 2.32. The maximum absolute atomic E-state index is 13.4. The number of urea groups is 1. The smallest absolute Gasteiger partial charge is 0.324 e. The SMILES string of the molecule is COCCCNC(=O)Nc1nc2c(s1)CN(c1nc(C3CCC(F)(F)CC3)no1)CC2. The van der Waals surface area contributed by atoms with Crippen LogP contribution in [0.4, 0.5) is 24.7 Å². The second-order valence-corrected chi connectivity index (χ2v) is 8.94. The molecule has 2 amide bonds. The Bertz CT molecular complexity index is 895. The van der Waals surface area contributed by atoms with Crippen LogP contribution in [-0.4, -0.2) is 53.9 Å². The highest BCUT2D eigenvalue weighted by Gasteiger charge is 2.37. The molecule has 2 aromatic heterocycles. The van der Waals surface area contributed by atoms with E-state index in [-0.39, 0.29) is 24.8 Å². The van der Waals surface area contributed by atoms with Gasteiger partial charge in [-0.05, 0) is 19.3 Å². The number of amides is 2.